The molecule has 0 bridgehead atoms. The van der Waals surface area contributed by atoms with Crippen LogP contribution in [0.3, 0.4) is 0 Å². The summed E-state index contributed by atoms with van der Waals surface area (Å²) in [4.78, 5) is 35.7. The molecule has 132 valence electrons. The van der Waals surface area contributed by atoms with E-state index in [2.05, 4.69) is 26.6 Å². The standard InChI is InChI=1S/C17H17BrN2O4S/c1-11-9-12(18)4-5-13(11)20-15(21)10-24-16(22)6-7-19-17(23)14-3-2-8-25-14/h2-5,8-9H,6-7,10H2,1H3,(H,19,23)(H,20,21). The molecule has 8 heteroatoms. The smallest absolute Gasteiger partial charge is 0.308 e. The second-order valence-electron chi connectivity index (χ2n) is 5.15. The highest BCUT2D eigenvalue weighted by atomic mass is 79.9. The number of carbonyl (C=O) groups is 3. The molecule has 2 aromatic rings. The van der Waals surface area contributed by atoms with E-state index in [-0.39, 0.29) is 25.5 Å². The zero-order valence-corrected chi connectivity index (χ0v) is 15.9. The van der Waals surface area contributed by atoms with Crippen molar-refractivity contribution in [2.75, 3.05) is 18.5 Å². The van der Waals surface area contributed by atoms with E-state index in [1.807, 2.05) is 19.1 Å². The summed E-state index contributed by atoms with van der Waals surface area (Å²) < 4.78 is 5.82. The second-order valence-corrected chi connectivity index (χ2v) is 7.01. The van der Waals surface area contributed by atoms with Gasteiger partial charge < -0.3 is 15.4 Å². The van der Waals surface area contributed by atoms with Crippen LogP contribution in [-0.2, 0) is 14.3 Å². The molecule has 0 saturated carbocycles. The molecule has 2 rings (SSSR count). The van der Waals surface area contributed by atoms with Crippen LogP contribution >= 0.6 is 27.3 Å². The minimum atomic E-state index is -0.547. The van der Waals surface area contributed by atoms with Crippen molar-refractivity contribution >= 4 is 50.7 Å². The number of ether oxygens (including phenoxy) is 1. The first-order chi connectivity index (χ1) is 12.0. The number of nitrogens with one attached hydrogen (secondary N) is 2. The third-order valence-corrected chi connectivity index (χ3v) is 4.55. The molecular weight excluding hydrogens is 408 g/mol. The summed E-state index contributed by atoms with van der Waals surface area (Å²) in [6.07, 6.45) is 0.00169. The zero-order chi connectivity index (χ0) is 18.2. The highest BCUT2D eigenvalue weighted by Crippen LogP contribution is 2.19. The molecular formula is C17H17BrN2O4S. The third kappa shape index (κ3) is 6.32. The predicted octanol–water partition coefficient (Wildman–Crippen LogP) is 3.12. The molecule has 0 aliphatic rings. The van der Waals surface area contributed by atoms with Crippen LogP contribution in [0.2, 0.25) is 0 Å². The predicted molar refractivity (Wildman–Crippen MR) is 99.7 cm³/mol. The van der Waals surface area contributed by atoms with Crippen LogP contribution in [0.1, 0.15) is 21.7 Å². The van der Waals surface area contributed by atoms with Crippen molar-refractivity contribution in [1.29, 1.82) is 0 Å². The SMILES string of the molecule is Cc1cc(Br)ccc1NC(=O)COC(=O)CCNC(=O)c1cccs1. The Bertz CT molecular complexity index is 762. The topological polar surface area (TPSA) is 84.5 Å². The van der Waals surface area contributed by atoms with Gasteiger partial charge in [-0.25, -0.2) is 0 Å². The molecule has 0 spiro atoms. The number of amides is 2. The van der Waals surface area contributed by atoms with Gasteiger partial charge in [0.2, 0.25) is 0 Å². The number of carbonyl (C=O) groups excluding carboxylic acids is 3. The maximum atomic E-state index is 11.8. The Morgan fingerprint density at radius 1 is 1.24 bits per heavy atom. The van der Waals surface area contributed by atoms with Crippen LogP contribution in [0.25, 0.3) is 0 Å². The molecule has 2 N–H and O–H groups in total. The normalized spacial score (nSPS) is 10.2. The zero-order valence-electron chi connectivity index (χ0n) is 13.5. The lowest BCUT2D eigenvalue weighted by Gasteiger charge is -2.09. The van der Waals surface area contributed by atoms with E-state index in [0.717, 1.165) is 10.0 Å². The molecule has 1 aromatic carbocycles. The molecule has 0 aliphatic carbocycles. The number of esters is 1. The van der Waals surface area contributed by atoms with Gasteiger partial charge in [0.05, 0.1) is 11.3 Å². The van der Waals surface area contributed by atoms with Crippen LogP contribution in [0, 0.1) is 6.92 Å². The Kier molecular flexibility index (Phi) is 7.15. The molecule has 1 heterocycles. The summed E-state index contributed by atoms with van der Waals surface area (Å²) in [5.41, 5.74) is 1.55. The molecule has 0 unspecified atom stereocenters. The van der Waals surface area contributed by atoms with Gasteiger partial charge in [0.15, 0.2) is 6.61 Å². The van der Waals surface area contributed by atoms with Crippen molar-refractivity contribution in [2.24, 2.45) is 0 Å². The molecule has 1 aromatic heterocycles. The fraction of sp³-hybridized carbons (Fsp3) is 0.235. The highest BCUT2D eigenvalue weighted by Gasteiger charge is 2.11. The van der Waals surface area contributed by atoms with Gasteiger partial charge in [-0.05, 0) is 42.1 Å². The number of hydrogen-bond donors (Lipinski definition) is 2. The summed E-state index contributed by atoms with van der Waals surface area (Å²) in [6, 6.07) is 8.93. The highest BCUT2D eigenvalue weighted by molar-refractivity contribution is 9.10. The Morgan fingerprint density at radius 2 is 2.04 bits per heavy atom. The number of hydrogen-bond acceptors (Lipinski definition) is 5. The summed E-state index contributed by atoms with van der Waals surface area (Å²) in [7, 11) is 0. The van der Waals surface area contributed by atoms with Gasteiger partial charge in [0.1, 0.15) is 0 Å². The lowest BCUT2D eigenvalue weighted by atomic mass is 10.2. The second kappa shape index (κ2) is 9.33. The molecule has 0 aliphatic heterocycles. The van der Waals surface area contributed by atoms with Gasteiger partial charge in [0, 0.05) is 16.7 Å². The van der Waals surface area contributed by atoms with Gasteiger partial charge >= 0.3 is 5.97 Å². The first-order valence-corrected chi connectivity index (χ1v) is 9.16. The maximum absolute atomic E-state index is 11.8. The van der Waals surface area contributed by atoms with Gasteiger partial charge in [-0.1, -0.05) is 22.0 Å². The molecule has 0 saturated heterocycles. The number of aryl methyl sites for hydroxylation is 1. The molecule has 0 radical (unpaired) electrons. The summed E-state index contributed by atoms with van der Waals surface area (Å²) in [5.74, 6) is -1.19. The van der Waals surface area contributed by atoms with Crippen LogP contribution < -0.4 is 10.6 Å². The van der Waals surface area contributed by atoms with Crippen molar-refractivity contribution in [3.8, 4) is 0 Å². The molecule has 2 amide bonds. The molecule has 25 heavy (non-hydrogen) atoms. The first-order valence-electron chi connectivity index (χ1n) is 7.49. The minimum absolute atomic E-state index is 0.00169. The van der Waals surface area contributed by atoms with Gasteiger partial charge in [-0.15, -0.1) is 11.3 Å². The van der Waals surface area contributed by atoms with Crippen molar-refractivity contribution < 1.29 is 19.1 Å². The Balaban J connectivity index is 1.67. The van der Waals surface area contributed by atoms with E-state index < -0.39 is 11.9 Å². The van der Waals surface area contributed by atoms with E-state index in [1.54, 1.807) is 23.6 Å². The minimum Gasteiger partial charge on any atom is -0.456 e. The Labute approximate surface area is 157 Å². The van der Waals surface area contributed by atoms with Crippen molar-refractivity contribution in [1.82, 2.24) is 5.32 Å². The summed E-state index contributed by atoms with van der Waals surface area (Å²) in [6.45, 7) is 1.65. The molecule has 0 atom stereocenters. The summed E-state index contributed by atoms with van der Waals surface area (Å²) in [5, 5.41) is 7.10. The van der Waals surface area contributed by atoms with Crippen LogP contribution in [-0.4, -0.2) is 30.9 Å². The van der Waals surface area contributed by atoms with Gasteiger partial charge in [-0.3, -0.25) is 14.4 Å². The third-order valence-electron chi connectivity index (χ3n) is 3.19. The first kappa shape index (κ1) is 19.1. The number of thiophene rings is 1. The monoisotopic (exact) mass is 424 g/mol. The van der Waals surface area contributed by atoms with Crippen LogP contribution in [0.15, 0.2) is 40.2 Å². The van der Waals surface area contributed by atoms with E-state index in [9.17, 15) is 14.4 Å². The Hall–Kier alpha value is -2.19. The fourth-order valence-corrected chi connectivity index (χ4v) is 3.06. The van der Waals surface area contributed by atoms with Crippen molar-refractivity contribution in [3.63, 3.8) is 0 Å². The lowest BCUT2D eigenvalue weighted by molar-refractivity contribution is -0.147. The maximum Gasteiger partial charge on any atom is 0.308 e. The summed E-state index contributed by atoms with van der Waals surface area (Å²) >= 11 is 4.67. The number of halogens is 1. The van der Waals surface area contributed by atoms with E-state index in [4.69, 9.17) is 4.74 Å². The average Bonchev–Trinajstić information content (AvgIpc) is 3.10. The van der Waals surface area contributed by atoms with Gasteiger partial charge in [-0.2, -0.15) is 0 Å². The number of rotatable bonds is 7. The number of anilines is 1. The van der Waals surface area contributed by atoms with Crippen LogP contribution in [0.5, 0.6) is 0 Å². The Morgan fingerprint density at radius 3 is 2.72 bits per heavy atom. The quantitative estimate of drug-likeness (QED) is 0.668. The molecule has 6 nitrogen and oxygen atoms in total. The van der Waals surface area contributed by atoms with E-state index in [1.165, 1.54) is 11.3 Å². The van der Waals surface area contributed by atoms with E-state index >= 15 is 0 Å². The van der Waals surface area contributed by atoms with Gasteiger partial charge in [0.25, 0.3) is 11.8 Å². The van der Waals surface area contributed by atoms with Crippen LogP contribution in [0.4, 0.5) is 5.69 Å². The molecule has 0 fully saturated rings. The largest absolute Gasteiger partial charge is 0.456 e. The van der Waals surface area contributed by atoms with E-state index in [0.29, 0.717) is 10.6 Å². The fourth-order valence-electron chi connectivity index (χ4n) is 1.94. The average molecular weight is 425 g/mol. The number of benzene rings is 1. The van der Waals surface area contributed by atoms with Crippen molar-refractivity contribution in [3.05, 3.63) is 50.6 Å². The van der Waals surface area contributed by atoms with Crippen molar-refractivity contribution in [2.45, 2.75) is 13.3 Å². The lowest BCUT2D eigenvalue weighted by Crippen LogP contribution is -2.27.